The monoisotopic (exact) mass is 318 g/mol. The lowest BCUT2D eigenvalue weighted by Crippen LogP contribution is -2.55. The molecule has 0 saturated heterocycles. The van der Waals surface area contributed by atoms with E-state index in [1.807, 2.05) is 36.1 Å². The van der Waals surface area contributed by atoms with E-state index in [2.05, 4.69) is 5.32 Å². The Hall–Kier alpha value is -2.08. The minimum atomic E-state index is -0.806. The van der Waals surface area contributed by atoms with Gasteiger partial charge in [0.2, 0.25) is 5.91 Å². The fourth-order valence-electron chi connectivity index (χ4n) is 3.36. The van der Waals surface area contributed by atoms with Crippen molar-refractivity contribution in [1.29, 1.82) is 0 Å². The number of aliphatic carboxylic acids is 1. The van der Waals surface area contributed by atoms with Gasteiger partial charge in [0, 0.05) is 17.6 Å². The summed E-state index contributed by atoms with van der Waals surface area (Å²) in [6.45, 7) is 3.12. The summed E-state index contributed by atoms with van der Waals surface area (Å²) in [5.41, 5.74) is 0.946. The Labute approximate surface area is 135 Å². The molecule has 1 aromatic rings. The summed E-state index contributed by atoms with van der Waals surface area (Å²) in [5, 5.41) is 12.0. The highest BCUT2D eigenvalue weighted by molar-refractivity contribution is 5.85. The number of likely N-dealkylation sites (N-methyl/N-ethyl adjacent to an activating group) is 1. The van der Waals surface area contributed by atoms with Crippen LogP contribution in [-0.4, -0.2) is 53.7 Å². The molecule has 0 aromatic heterocycles. The topological polar surface area (TPSA) is 78.9 Å². The highest BCUT2D eigenvalue weighted by Gasteiger charge is 2.37. The third kappa shape index (κ3) is 3.32. The Kier molecular flexibility index (Phi) is 4.52. The van der Waals surface area contributed by atoms with Crippen LogP contribution in [0.15, 0.2) is 24.3 Å². The first-order valence-electron chi connectivity index (χ1n) is 8.06. The number of nitrogens with zero attached hydrogens (tertiary/aromatic N) is 1. The summed E-state index contributed by atoms with van der Waals surface area (Å²) in [4.78, 5) is 25.2. The van der Waals surface area contributed by atoms with Crippen LogP contribution < -0.4 is 10.1 Å². The van der Waals surface area contributed by atoms with Crippen LogP contribution in [0.5, 0.6) is 5.75 Å². The third-order valence-electron chi connectivity index (χ3n) is 4.74. The van der Waals surface area contributed by atoms with Crippen LogP contribution in [0, 0.1) is 0 Å². The number of fused-ring (bicyclic) bond motifs is 1. The number of ether oxygens (including phenoxy) is 1. The molecule has 1 aliphatic heterocycles. The summed E-state index contributed by atoms with van der Waals surface area (Å²) in [5.74, 6) is -0.261. The predicted octanol–water partition coefficient (Wildman–Crippen LogP) is 1.22. The number of carbonyl (C=O) groups excluding carboxylic acids is 1. The predicted molar refractivity (Wildman–Crippen MR) is 84.5 cm³/mol. The average molecular weight is 318 g/mol. The van der Waals surface area contributed by atoms with Gasteiger partial charge in [0.05, 0.1) is 6.54 Å². The van der Waals surface area contributed by atoms with E-state index in [1.165, 1.54) is 0 Å². The van der Waals surface area contributed by atoms with E-state index in [9.17, 15) is 9.59 Å². The maximum absolute atomic E-state index is 12.4. The lowest BCUT2D eigenvalue weighted by atomic mass is 9.84. The average Bonchev–Trinajstić information content (AvgIpc) is 2.92. The molecule has 1 saturated carbocycles. The smallest absolute Gasteiger partial charge is 0.317 e. The van der Waals surface area contributed by atoms with Crippen molar-refractivity contribution in [2.75, 3.05) is 19.7 Å². The highest BCUT2D eigenvalue weighted by atomic mass is 16.5. The lowest BCUT2D eigenvalue weighted by Gasteiger charge is -2.42. The number of para-hydroxylation sites is 1. The summed E-state index contributed by atoms with van der Waals surface area (Å²) in [6, 6.07) is 8.00. The van der Waals surface area contributed by atoms with Gasteiger partial charge in [-0.05, 0) is 25.5 Å². The van der Waals surface area contributed by atoms with Crippen molar-refractivity contribution in [2.45, 2.75) is 37.8 Å². The van der Waals surface area contributed by atoms with Crippen molar-refractivity contribution < 1.29 is 19.4 Å². The molecular weight excluding hydrogens is 296 g/mol. The fraction of sp³-hybridized carbons (Fsp3) is 0.529. The van der Waals surface area contributed by atoms with Gasteiger partial charge in [0.25, 0.3) is 0 Å². The Morgan fingerprint density at radius 1 is 1.35 bits per heavy atom. The molecular formula is C17H22N2O4. The molecule has 1 atom stereocenters. The van der Waals surface area contributed by atoms with E-state index in [0.717, 1.165) is 24.2 Å². The number of carboxylic acid groups (broad SMARTS) is 1. The molecule has 1 fully saturated rings. The zero-order chi connectivity index (χ0) is 16.4. The first-order chi connectivity index (χ1) is 11.1. The molecule has 0 bridgehead atoms. The van der Waals surface area contributed by atoms with Gasteiger partial charge in [-0.2, -0.15) is 0 Å². The van der Waals surface area contributed by atoms with Gasteiger partial charge in [-0.25, -0.2) is 0 Å². The number of hydrogen-bond donors (Lipinski definition) is 2. The molecule has 3 rings (SSSR count). The molecule has 1 heterocycles. The van der Waals surface area contributed by atoms with Gasteiger partial charge < -0.3 is 15.2 Å². The van der Waals surface area contributed by atoms with Gasteiger partial charge in [0.15, 0.2) is 0 Å². The highest BCUT2D eigenvalue weighted by Crippen LogP contribution is 2.34. The number of rotatable bonds is 6. The number of benzene rings is 1. The summed E-state index contributed by atoms with van der Waals surface area (Å²) < 4.78 is 5.55. The SMILES string of the molecule is CCN(CC(=O)O)C1CC(NC(=O)[C@H]2COc3ccccc32)C1. The van der Waals surface area contributed by atoms with E-state index < -0.39 is 5.97 Å². The van der Waals surface area contributed by atoms with E-state index in [1.54, 1.807) is 0 Å². The van der Waals surface area contributed by atoms with Crippen molar-refractivity contribution in [3.05, 3.63) is 29.8 Å². The lowest BCUT2D eigenvalue weighted by molar-refractivity contribution is -0.139. The quantitative estimate of drug-likeness (QED) is 0.824. The van der Waals surface area contributed by atoms with Crippen molar-refractivity contribution in [3.63, 3.8) is 0 Å². The Morgan fingerprint density at radius 3 is 2.78 bits per heavy atom. The number of carboxylic acids is 1. The molecule has 2 aliphatic rings. The molecule has 0 radical (unpaired) electrons. The van der Waals surface area contributed by atoms with E-state index in [4.69, 9.17) is 9.84 Å². The van der Waals surface area contributed by atoms with Gasteiger partial charge >= 0.3 is 5.97 Å². The maximum Gasteiger partial charge on any atom is 0.317 e. The van der Waals surface area contributed by atoms with Crippen molar-refractivity contribution in [3.8, 4) is 5.75 Å². The zero-order valence-electron chi connectivity index (χ0n) is 13.2. The second kappa shape index (κ2) is 6.58. The Bertz CT molecular complexity index is 598. The van der Waals surface area contributed by atoms with Crippen LogP contribution >= 0.6 is 0 Å². The molecule has 0 unspecified atom stereocenters. The van der Waals surface area contributed by atoms with Gasteiger partial charge in [-0.15, -0.1) is 0 Å². The van der Waals surface area contributed by atoms with E-state index >= 15 is 0 Å². The largest absolute Gasteiger partial charge is 0.492 e. The number of carbonyl (C=O) groups is 2. The Morgan fingerprint density at radius 2 is 2.09 bits per heavy atom. The molecule has 1 aliphatic carbocycles. The number of amides is 1. The Balaban J connectivity index is 1.51. The minimum absolute atomic E-state index is 0.000293. The molecule has 6 nitrogen and oxygen atoms in total. The molecule has 23 heavy (non-hydrogen) atoms. The molecule has 0 spiro atoms. The molecule has 6 heteroatoms. The van der Waals surface area contributed by atoms with Crippen LogP contribution in [-0.2, 0) is 9.59 Å². The van der Waals surface area contributed by atoms with E-state index in [0.29, 0.717) is 13.2 Å². The standard InChI is InChI=1S/C17H22N2O4/c1-2-19(9-16(20)21)12-7-11(8-12)18-17(22)14-10-23-15-6-4-3-5-13(14)15/h3-6,11-12,14H,2,7-10H2,1H3,(H,18,22)(H,20,21)/t11?,12?,14-/m0/s1. The second-order valence-electron chi connectivity index (χ2n) is 6.19. The first-order valence-corrected chi connectivity index (χ1v) is 8.06. The van der Waals surface area contributed by atoms with Crippen LogP contribution in [0.3, 0.4) is 0 Å². The fourth-order valence-corrected chi connectivity index (χ4v) is 3.36. The van der Waals surface area contributed by atoms with Gasteiger partial charge in [-0.1, -0.05) is 25.1 Å². The molecule has 1 amide bonds. The second-order valence-corrected chi connectivity index (χ2v) is 6.19. The minimum Gasteiger partial charge on any atom is -0.492 e. The van der Waals surface area contributed by atoms with E-state index in [-0.39, 0.29) is 30.5 Å². The van der Waals surface area contributed by atoms with Crippen LogP contribution in [0.1, 0.15) is 31.2 Å². The third-order valence-corrected chi connectivity index (χ3v) is 4.74. The summed E-state index contributed by atoms with van der Waals surface area (Å²) in [6.07, 6.45) is 1.62. The van der Waals surface area contributed by atoms with Crippen LogP contribution in [0.4, 0.5) is 0 Å². The summed E-state index contributed by atoms with van der Waals surface area (Å²) >= 11 is 0. The number of nitrogens with one attached hydrogen (secondary N) is 1. The first kappa shape index (κ1) is 15.8. The van der Waals surface area contributed by atoms with Gasteiger partial charge in [-0.3, -0.25) is 14.5 Å². The summed E-state index contributed by atoms with van der Waals surface area (Å²) in [7, 11) is 0. The number of hydrogen-bond acceptors (Lipinski definition) is 4. The van der Waals surface area contributed by atoms with Crippen molar-refractivity contribution in [2.24, 2.45) is 0 Å². The molecule has 2 N–H and O–H groups in total. The van der Waals surface area contributed by atoms with Crippen LogP contribution in [0.25, 0.3) is 0 Å². The zero-order valence-corrected chi connectivity index (χ0v) is 13.2. The van der Waals surface area contributed by atoms with Crippen molar-refractivity contribution in [1.82, 2.24) is 10.2 Å². The van der Waals surface area contributed by atoms with Gasteiger partial charge in [0.1, 0.15) is 18.3 Å². The van der Waals surface area contributed by atoms with Crippen LogP contribution in [0.2, 0.25) is 0 Å². The molecule has 124 valence electrons. The normalized spacial score (nSPS) is 25.4. The maximum atomic E-state index is 12.4. The van der Waals surface area contributed by atoms with Crippen molar-refractivity contribution >= 4 is 11.9 Å². The molecule has 1 aromatic carbocycles.